The van der Waals surface area contributed by atoms with Crippen molar-refractivity contribution in [3.05, 3.63) is 59.7 Å². The maximum Gasteiger partial charge on any atom is 0.308 e. The molecule has 140 valence electrons. The van der Waals surface area contributed by atoms with Crippen LogP contribution in [0.3, 0.4) is 0 Å². The van der Waals surface area contributed by atoms with Gasteiger partial charge in [-0.3, -0.25) is 14.4 Å². The van der Waals surface area contributed by atoms with Gasteiger partial charge in [-0.05, 0) is 36.4 Å². The summed E-state index contributed by atoms with van der Waals surface area (Å²) in [4.78, 5) is 39.6. The lowest BCUT2D eigenvalue weighted by Gasteiger charge is -2.35. The second kappa shape index (κ2) is 7.90. The molecular formula is C20H20N2O5. The molecule has 0 spiro atoms. The number of hydrogen-bond donors (Lipinski definition) is 1. The second-order valence-electron chi connectivity index (χ2n) is 6.26. The number of esters is 1. The molecule has 1 aliphatic rings. The van der Waals surface area contributed by atoms with E-state index in [1.807, 2.05) is 0 Å². The largest absolute Gasteiger partial charge is 0.508 e. The highest BCUT2D eigenvalue weighted by atomic mass is 16.5. The van der Waals surface area contributed by atoms with E-state index in [0.29, 0.717) is 43.1 Å². The third-order valence-electron chi connectivity index (χ3n) is 4.29. The Morgan fingerprint density at radius 3 is 1.89 bits per heavy atom. The van der Waals surface area contributed by atoms with Crippen molar-refractivity contribution < 1.29 is 24.2 Å². The minimum Gasteiger partial charge on any atom is -0.508 e. The van der Waals surface area contributed by atoms with E-state index in [4.69, 9.17) is 4.74 Å². The molecule has 27 heavy (non-hydrogen) atoms. The van der Waals surface area contributed by atoms with Gasteiger partial charge in [0, 0.05) is 44.2 Å². The summed E-state index contributed by atoms with van der Waals surface area (Å²) in [7, 11) is 0. The maximum absolute atomic E-state index is 12.7. The first-order valence-corrected chi connectivity index (χ1v) is 8.60. The van der Waals surface area contributed by atoms with Crippen LogP contribution < -0.4 is 4.74 Å². The predicted octanol–water partition coefficient (Wildman–Crippen LogP) is 1.92. The van der Waals surface area contributed by atoms with E-state index < -0.39 is 5.97 Å². The van der Waals surface area contributed by atoms with Gasteiger partial charge in [0.2, 0.25) is 0 Å². The van der Waals surface area contributed by atoms with Crippen molar-refractivity contribution in [3.8, 4) is 11.5 Å². The number of phenols is 1. The zero-order chi connectivity index (χ0) is 19.4. The third kappa shape index (κ3) is 4.44. The first-order chi connectivity index (χ1) is 12.9. The van der Waals surface area contributed by atoms with Crippen LogP contribution in [0.1, 0.15) is 27.6 Å². The van der Waals surface area contributed by atoms with Gasteiger partial charge in [0.05, 0.1) is 0 Å². The third-order valence-corrected chi connectivity index (χ3v) is 4.29. The van der Waals surface area contributed by atoms with E-state index in [-0.39, 0.29) is 17.6 Å². The monoisotopic (exact) mass is 368 g/mol. The van der Waals surface area contributed by atoms with E-state index >= 15 is 0 Å². The van der Waals surface area contributed by atoms with Gasteiger partial charge in [0.1, 0.15) is 11.5 Å². The molecule has 1 fully saturated rings. The van der Waals surface area contributed by atoms with Gasteiger partial charge in [-0.1, -0.05) is 12.1 Å². The van der Waals surface area contributed by atoms with E-state index in [1.54, 1.807) is 40.1 Å². The van der Waals surface area contributed by atoms with E-state index in [0.717, 1.165) is 0 Å². The fraction of sp³-hybridized carbons (Fsp3) is 0.250. The van der Waals surface area contributed by atoms with Crippen LogP contribution in [0.2, 0.25) is 0 Å². The van der Waals surface area contributed by atoms with Crippen molar-refractivity contribution in [2.45, 2.75) is 6.92 Å². The maximum atomic E-state index is 12.7. The summed E-state index contributed by atoms with van der Waals surface area (Å²) in [6.07, 6.45) is 0. The molecule has 0 atom stereocenters. The number of amides is 2. The summed E-state index contributed by atoms with van der Waals surface area (Å²) in [6, 6.07) is 12.7. The lowest BCUT2D eigenvalue weighted by Crippen LogP contribution is -2.50. The van der Waals surface area contributed by atoms with Crippen molar-refractivity contribution in [3.63, 3.8) is 0 Å². The summed E-state index contributed by atoms with van der Waals surface area (Å²) >= 11 is 0. The molecule has 2 amide bonds. The molecule has 1 N–H and O–H groups in total. The average molecular weight is 368 g/mol. The zero-order valence-electron chi connectivity index (χ0n) is 14.9. The Labute approximate surface area is 156 Å². The molecule has 7 nitrogen and oxygen atoms in total. The van der Waals surface area contributed by atoms with Gasteiger partial charge >= 0.3 is 5.97 Å². The highest BCUT2D eigenvalue weighted by Gasteiger charge is 2.25. The van der Waals surface area contributed by atoms with Crippen LogP contribution in [0.4, 0.5) is 0 Å². The van der Waals surface area contributed by atoms with Gasteiger partial charge in [-0.2, -0.15) is 0 Å². The molecule has 7 heteroatoms. The van der Waals surface area contributed by atoms with Crippen LogP contribution >= 0.6 is 0 Å². The number of hydrogen-bond acceptors (Lipinski definition) is 5. The Morgan fingerprint density at radius 1 is 0.852 bits per heavy atom. The molecule has 0 bridgehead atoms. The Morgan fingerprint density at radius 2 is 1.37 bits per heavy atom. The minimum atomic E-state index is -0.446. The highest BCUT2D eigenvalue weighted by molar-refractivity contribution is 5.96. The van der Waals surface area contributed by atoms with Gasteiger partial charge in [0.15, 0.2) is 0 Å². The molecule has 1 aliphatic heterocycles. The average Bonchev–Trinajstić information content (AvgIpc) is 2.66. The number of carbonyl (C=O) groups excluding carboxylic acids is 3. The molecule has 0 aliphatic carbocycles. The van der Waals surface area contributed by atoms with Gasteiger partial charge in [-0.25, -0.2) is 0 Å². The zero-order valence-corrected chi connectivity index (χ0v) is 14.9. The van der Waals surface area contributed by atoms with Crippen molar-refractivity contribution in [2.24, 2.45) is 0 Å². The Hall–Kier alpha value is -3.35. The summed E-state index contributed by atoms with van der Waals surface area (Å²) in [5.74, 6) is -0.421. The first-order valence-electron chi connectivity index (χ1n) is 8.60. The molecule has 0 unspecified atom stereocenters. The lowest BCUT2D eigenvalue weighted by molar-refractivity contribution is -0.131. The Kier molecular flexibility index (Phi) is 5.40. The van der Waals surface area contributed by atoms with Gasteiger partial charge in [0.25, 0.3) is 11.8 Å². The van der Waals surface area contributed by atoms with Gasteiger partial charge < -0.3 is 19.6 Å². The molecule has 0 radical (unpaired) electrons. The van der Waals surface area contributed by atoms with E-state index in [1.165, 1.54) is 25.1 Å². The first kappa shape index (κ1) is 18.4. The number of ether oxygens (including phenoxy) is 1. The fourth-order valence-electron chi connectivity index (χ4n) is 2.98. The van der Waals surface area contributed by atoms with Crippen molar-refractivity contribution in [2.75, 3.05) is 26.2 Å². The fourth-order valence-corrected chi connectivity index (χ4v) is 2.98. The lowest BCUT2D eigenvalue weighted by atomic mass is 10.1. The number of phenolic OH excluding ortho intramolecular Hbond substituents is 1. The molecule has 3 rings (SSSR count). The molecule has 0 aromatic heterocycles. The quantitative estimate of drug-likeness (QED) is 0.661. The summed E-state index contributed by atoms with van der Waals surface area (Å²) in [6.45, 7) is 2.92. The number of rotatable bonds is 3. The Balaban J connectivity index is 1.62. The van der Waals surface area contributed by atoms with Crippen molar-refractivity contribution in [1.29, 1.82) is 0 Å². The SMILES string of the molecule is CC(=O)Oc1cccc(C(=O)N2CCN(C(=O)c3cccc(O)c3)CC2)c1. The number of nitrogens with zero attached hydrogens (tertiary/aromatic N) is 2. The van der Waals surface area contributed by atoms with Crippen LogP contribution in [-0.4, -0.2) is 58.9 Å². The number of aromatic hydroxyl groups is 1. The molecular weight excluding hydrogens is 348 g/mol. The second-order valence-corrected chi connectivity index (χ2v) is 6.26. The van der Waals surface area contributed by atoms with Crippen LogP contribution in [0.5, 0.6) is 11.5 Å². The molecule has 2 aromatic carbocycles. The summed E-state index contributed by atoms with van der Waals surface area (Å²) < 4.78 is 5.02. The number of carbonyl (C=O) groups is 3. The molecule has 1 saturated heterocycles. The van der Waals surface area contributed by atoms with Gasteiger partial charge in [-0.15, -0.1) is 0 Å². The standard InChI is InChI=1S/C20H20N2O5/c1-14(23)27-18-7-3-5-16(13-18)20(26)22-10-8-21(9-11-22)19(25)15-4-2-6-17(24)12-15/h2-7,12-13,24H,8-11H2,1H3. The van der Waals surface area contributed by atoms with Crippen LogP contribution in [0.15, 0.2) is 48.5 Å². The van der Waals surface area contributed by atoms with E-state index in [9.17, 15) is 19.5 Å². The number of piperazine rings is 1. The number of benzene rings is 2. The molecule has 2 aromatic rings. The molecule has 0 saturated carbocycles. The van der Waals surface area contributed by atoms with Crippen molar-refractivity contribution >= 4 is 17.8 Å². The predicted molar refractivity (Wildman–Crippen MR) is 97.7 cm³/mol. The molecule has 1 heterocycles. The smallest absolute Gasteiger partial charge is 0.308 e. The van der Waals surface area contributed by atoms with Crippen LogP contribution in [0, 0.1) is 0 Å². The summed E-state index contributed by atoms with van der Waals surface area (Å²) in [5, 5.41) is 9.52. The van der Waals surface area contributed by atoms with E-state index in [2.05, 4.69) is 0 Å². The van der Waals surface area contributed by atoms with Crippen LogP contribution in [0.25, 0.3) is 0 Å². The van der Waals surface area contributed by atoms with Crippen molar-refractivity contribution in [1.82, 2.24) is 9.80 Å². The normalized spacial score (nSPS) is 14.0. The minimum absolute atomic E-state index is 0.0438. The Bertz CT molecular complexity index is 872. The topological polar surface area (TPSA) is 87.2 Å². The van der Waals surface area contributed by atoms with Crippen LogP contribution in [-0.2, 0) is 4.79 Å². The highest BCUT2D eigenvalue weighted by Crippen LogP contribution is 2.18. The summed E-state index contributed by atoms with van der Waals surface area (Å²) in [5.41, 5.74) is 0.852.